The van der Waals surface area contributed by atoms with Gasteiger partial charge in [0.2, 0.25) is 0 Å². The Balaban J connectivity index is 1.72. The summed E-state index contributed by atoms with van der Waals surface area (Å²) in [4.78, 5) is 2.22. The Morgan fingerprint density at radius 1 is 0.903 bits per heavy atom. The predicted octanol–water partition coefficient (Wildman–Crippen LogP) is 6.36. The van der Waals surface area contributed by atoms with Crippen LogP contribution < -0.4 is 5.73 Å². The number of fused-ring (bicyclic) bond motifs is 3. The summed E-state index contributed by atoms with van der Waals surface area (Å²) in [5, 5.41) is 21.8. The first-order chi connectivity index (χ1) is 15.0. The van der Waals surface area contributed by atoms with Crippen LogP contribution in [0.15, 0.2) is 64.8 Å². The first-order valence-electron chi connectivity index (χ1n) is 10.8. The molecule has 4 aromatic rings. The third-order valence-corrected chi connectivity index (χ3v) is 5.82. The highest BCUT2D eigenvalue weighted by molar-refractivity contribution is 6.08. The smallest absolute Gasteiger partial charge is 0.147 e. The second-order valence-electron chi connectivity index (χ2n) is 7.67. The van der Waals surface area contributed by atoms with E-state index < -0.39 is 0 Å². The third-order valence-electron chi connectivity index (χ3n) is 5.82. The highest BCUT2D eigenvalue weighted by Crippen LogP contribution is 2.36. The number of rotatable bonds is 7. The van der Waals surface area contributed by atoms with Crippen molar-refractivity contribution in [2.75, 3.05) is 18.8 Å². The lowest BCUT2D eigenvalue weighted by molar-refractivity contribution is 0.291. The van der Waals surface area contributed by atoms with Crippen LogP contribution in [0.4, 0.5) is 17.1 Å². The van der Waals surface area contributed by atoms with Gasteiger partial charge in [-0.05, 0) is 56.4 Å². The maximum Gasteiger partial charge on any atom is 0.147 e. The maximum absolute atomic E-state index is 10.7. The molecule has 0 bridgehead atoms. The Hall–Kier alpha value is -3.38. The van der Waals surface area contributed by atoms with Crippen molar-refractivity contribution >= 4 is 38.9 Å². The average Bonchev–Trinajstić information content (AvgIpc) is 3.11. The summed E-state index contributed by atoms with van der Waals surface area (Å²) >= 11 is 0. The molecule has 31 heavy (non-hydrogen) atoms. The molecular formula is C25H29N5O. The zero-order valence-corrected chi connectivity index (χ0v) is 18.3. The molecule has 1 aromatic heterocycles. The van der Waals surface area contributed by atoms with Gasteiger partial charge in [0.05, 0.1) is 5.69 Å². The van der Waals surface area contributed by atoms with E-state index in [9.17, 15) is 5.11 Å². The van der Waals surface area contributed by atoms with Gasteiger partial charge in [0.1, 0.15) is 11.4 Å². The van der Waals surface area contributed by atoms with Crippen LogP contribution in [0.5, 0.6) is 5.75 Å². The van der Waals surface area contributed by atoms with Crippen LogP contribution in [-0.4, -0.2) is 27.7 Å². The number of benzene rings is 3. The molecule has 0 saturated carbocycles. The molecular weight excluding hydrogens is 386 g/mol. The molecule has 160 valence electrons. The highest BCUT2D eigenvalue weighted by atomic mass is 16.3. The molecule has 4 rings (SSSR count). The Bertz CT molecular complexity index is 1250. The summed E-state index contributed by atoms with van der Waals surface area (Å²) < 4.78 is 2.30. The van der Waals surface area contributed by atoms with Crippen molar-refractivity contribution in [1.82, 2.24) is 9.47 Å². The number of para-hydroxylation sites is 1. The molecule has 0 spiro atoms. The van der Waals surface area contributed by atoms with E-state index in [2.05, 4.69) is 70.8 Å². The van der Waals surface area contributed by atoms with Crippen molar-refractivity contribution in [3.8, 4) is 5.75 Å². The number of azo groups is 1. The molecule has 6 heteroatoms. The van der Waals surface area contributed by atoms with E-state index in [-0.39, 0.29) is 5.75 Å². The summed E-state index contributed by atoms with van der Waals surface area (Å²) in [5.41, 5.74) is 10.9. The summed E-state index contributed by atoms with van der Waals surface area (Å²) in [7, 11) is 0. The molecule has 0 aliphatic carbocycles. The number of hydrogen-bond acceptors (Lipinski definition) is 5. The number of hydrogen-bond donors (Lipinski definition) is 2. The topological polar surface area (TPSA) is 79.1 Å². The molecule has 0 fully saturated rings. The second kappa shape index (κ2) is 8.78. The van der Waals surface area contributed by atoms with Gasteiger partial charge < -0.3 is 15.4 Å². The maximum atomic E-state index is 10.7. The fraction of sp³-hybridized carbons (Fsp3) is 0.280. The highest BCUT2D eigenvalue weighted by Gasteiger charge is 2.13. The van der Waals surface area contributed by atoms with E-state index in [1.807, 2.05) is 12.1 Å². The normalized spacial score (nSPS) is 12.0. The van der Waals surface area contributed by atoms with Gasteiger partial charge in [-0.3, -0.25) is 4.90 Å². The van der Waals surface area contributed by atoms with Crippen molar-refractivity contribution in [3.63, 3.8) is 0 Å². The first-order valence-corrected chi connectivity index (χ1v) is 10.8. The molecule has 0 atom stereocenters. The second-order valence-corrected chi connectivity index (χ2v) is 7.67. The minimum absolute atomic E-state index is 0.133. The summed E-state index contributed by atoms with van der Waals surface area (Å²) in [6.07, 6.45) is 0. The Morgan fingerprint density at radius 2 is 1.65 bits per heavy atom. The van der Waals surface area contributed by atoms with Crippen LogP contribution in [0.25, 0.3) is 21.8 Å². The Kier molecular flexibility index (Phi) is 5.91. The van der Waals surface area contributed by atoms with Gasteiger partial charge in [0.25, 0.3) is 0 Å². The van der Waals surface area contributed by atoms with Crippen molar-refractivity contribution in [2.45, 2.75) is 33.9 Å². The third kappa shape index (κ3) is 3.99. The van der Waals surface area contributed by atoms with Gasteiger partial charge in [-0.25, -0.2) is 0 Å². The number of phenols is 1. The molecule has 0 saturated heterocycles. The molecule has 6 nitrogen and oxygen atoms in total. The Labute approximate surface area is 182 Å². The number of nitrogens with zero attached hydrogens (tertiary/aromatic N) is 4. The van der Waals surface area contributed by atoms with E-state index in [1.54, 1.807) is 12.1 Å². The fourth-order valence-corrected chi connectivity index (χ4v) is 4.14. The van der Waals surface area contributed by atoms with Gasteiger partial charge in [0.15, 0.2) is 0 Å². The van der Waals surface area contributed by atoms with Crippen LogP contribution in [0.1, 0.15) is 26.3 Å². The van der Waals surface area contributed by atoms with Crippen LogP contribution in [0.2, 0.25) is 0 Å². The summed E-state index contributed by atoms with van der Waals surface area (Å²) in [5.74, 6) is 0.133. The fourth-order valence-electron chi connectivity index (χ4n) is 4.14. The monoisotopic (exact) mass is 415 g/mol. The SMILES string of the molecule is CCN(CC)Cc1cc(N)cc(N=Nc2ccc3c(c2)c2ccccc2n3CC)c1O. The van der Waals surface area contributed by atoms with Gasteiger partial charge in [0, 0.05) is 46.1 Å². The van der Waals surface area contributed by atoms with Crippen LogP contribution in [-0.2, 0) is 13.1 Å². The van der Waals surface area contributed by atoms with Gasteiger partial charge >= 0.3 is 0 Å². The molecule has 0 aliphatic rings. The van der Waals surface area contributed by atoms with Gasteiger partial charge in [-0.1, -0.05) is 32.0 Å². The molecule has 1 heterocycles. The lowest BCUT2D eigenvalue weighted by Gasteiger charge is -2.19. The lowest BCUT2D eigenvalue weighted by atomic mass is 10.1. The quantitative estimate of drug-likeness (QED) is 0.209. The average molecular weight is 416 g/mol. The lowest BCUT2D eigenvalue weighted by Crippen LogP contribution is -2.22. The molecule has 0 amide bonds. The van der Waals surface area contributed by atoms with Crippen LogP contribution >= 0.6 is 0 Å². The van der Waals surface area contributed by atoms with E-state index in [0.29, 0.717) is 17.9 Å². The van der Waals surface area contributed by atoms with Gasteiger partial charge in [-0.15, -0.1) is 5.11 Å². The Morgan fingerprint density at radius 3 is 2.39 bits per heavy atom. The molecule has 0 unspecified atom stereocenters. The molecule has 0 radical (unpaired) electrons. The zero-order valence-electron chi connectivity index (χ0n) is 18.3. The number of nitrogen functional groups attached to an aromatic ring is 1. The standard InChI is InChI=1S/C25H29N5O/c1-4-29(5-2)16-17-13-18(26)14-22(25(17)31)28-27-19-11-12-24-21(15-19)20-9-7-8-10-23(20)30(24)6-3/h7-15,31H,4-6,16,26H2,1-3H3. The number of anilines is 1. The number of aromatic nitrogens is 1. The minimum atomic E-state index is 0.133. The van der Waals surface area contributed by atoms with E-state index in [0.717, 1.165) is 36.3 Å². The van der Waals surface area contributed by atoms with Crippen LogP contribution in [0.3, 0.4) is 0 Å². The zero-order chi connectivity index (χ0) is 22.0. The van der Waals surface area contributed by atoms with Gasteiger partial charge in [-0.2, -0.15) is 5.11 Å². The van der Waals surface area contributed by atoms with Crippen molar-refractivity contribution in [1.29, 1.82) is 0 Å². The molecule has 0 aliphatic heterocycles. The van der Waals surface area contributed by atoms with Crippen LogP contribution in [0, 0.1) is 0 Å². The largest absolute Gasteiger partial charge is 0.505 e. The predicted molar refractivity (Wildman–Crippen MR) is 128 cm³/mol. The number of nitrogens with two attached hydrogens (primary N) is 1. The number of aryl methyl sites for hydroxylation is 1. The minimum Gasteiger partial charge on any atom is -0.505 e. The molecule has 3 aromatic carbocycles. The summed E-state index contributed by atoms with van der Waals surface area (Å²) in [6, 6.07) is 17.9. The molecule has 3 N–H and O–H groups in total. The van der Waals surface area contributed by atoms with Crippen molar-refractivity contribution in [3.05, 3.63) is 60.2 Å². The van der Waals surface area contributed by atoms with Crippen molar-refractivity contribution < 1.29 is 5.11 Å². The van der Waals surface area contributed by atoms with E-state index >= 15 is 0 Å². The number of aromatic hydroxyl groups is 1. The first kappa shape index (κ1) is 20.9. The van der Waals surface area contributed by atoms with E-state index in [1.165, 1.54) is 16.4 Å². The van der Waals surface area contributed by atoms with E-state index in [4.69, 9.17) is 5.73 Å². The summed E-state index contributed by atoms with van der Waals surface area (Å²) in [6.45, 7) is 9.66. The van der Waals surface area contributed by atoms with Crippen molar-refractivity contribution in [2.24, 2.45) is 10.2 Å². The number of phenolic OH excluding ortho intramolecular Hbond substituents is 1.